The minimum Gasteiger partial charge on any atom is -0.483 e. The molecule has 2 rings (SSSR count). The molecule has 1 atom stereocenters. The van der Waals surface area contributed by atoms with Gasteiger partial charge in [-0.25, -0.2) is 0 Å². The van der Waals surface area contributed by atoms with Crippen LogP contribution in [-0.2, 0) is 14.3 Å². The van der Waals surface area contributed by atoms with E-state index in [1.165, 1.54) is 7.11 Å². The third-order valence-electron chi connectivity index (χ3n) is 3.73. The van der Waals surface area contributed by atoms with E-state index in [4.69, 9.17) is 15.2 Å². The predicted octanol–water partition coefficient (Wildman–Crippen LogP) is 0.576. The smallest absolute Gasteiger partial charge is 0.310 e. The number of para-hydroxylation sites is 1. The number of primary amides is 1. The zero-order valence-electron chi connectivity index (χ0n) is 13.0. The Bertz CT molecular complexity index is 602. The third kappa shape index (κ3) is 4.21. The Morgan fingerprint density at radius 2 is 2.04 bits per heavy atom. The summed E-state index contributed by atoms with van der Waals surface area (Å²) >= 11 is 0. The van der Waals surface area contributed by atoms with Gasteiger partial charge in [-0.2, -0.15) is 0 Å². The van der Waals surface area contributed by atoms with Gasteiger partial charge in [-0.05, 0) is 25.0 Å². The quantitative estimate of drug-likeness (QED) is 0.800. The van der Waals surface area contributed by atoms with Gasteiger partial charge in [0.15, 0.2) is 6.61 Å². The van der Waals surface area contributed by atoms with E-state index in [0.717, 1.165) is 6.42 Å². The first-order valence-corrected chi connectivity index (χ1v) is 7.40. The highest BCUT2D eigenvalue weighted by atomic mass is 16.5. The summed E-state index contributed by atoms with van der Waals surface area (Å²) in [5, 5.41) is 0. The number of carbonyl (C=O) groups is 3. The van der Waals surface area contributed by atoms with Crippen LogP contribution in [0, 0.1) is 5.92 Å². The number of methoxy groups -OCH3 is 1. The second-order valence-electron chi connectivity index (χ2n) is 5.36. The number of carbonyl (C=O) groups excluding carboxylic acids is 3. The molecule has 124 valence electrons. The number of nitrogens with two attached hydrogens (primary N) is 1. The van der Waals surface area contributed by atoms with Crippen molar-refractivity contribution in [3.63, 3.8) is 0 Å². The first kappa shape index (κ1) is 16.8. The van der Waals surface area contributed by atoms with Crippen LogP contribution in [0.2, 0.25) is 0 Å². The highest BCUT2D eigenvalue weighted by molar-refractivity contribution is 5.97. The maximum absolute atomic E-state index is 12.7. The standard InChI is InChI=1S/C16H20N2O5/c1-22-16(21)11-5-4-8-18(9-11)15(20)12-6-2-3-7-13(12)23-10-14(17)19/h2-3,6-7,11H,4-5,8-10H2,1H3,(H2,17,19)/t11-/m0/s1. The molecule has 1 saturated heterocycles. The van der Waals surface area contributed by atoms with Gasteiger partial charge in [0.2, 0.25) is 0 Å². The number of hydrogen-bond acceptors (Lipinski definition) is 5. The molecule has 1 heterocycles. The van der Waals surface area contributed by atoms with E-state index in [-0.39, 0.29) is 24.4 Å². The number of piperidine rings is 1. The van der Waals surface area contributed by atoms with Gasteiger partial charge < -0.3 is 20.1 Å². The minimum absolute atomic E-state index is 0.237. The van der Waals surface area contributed by atoms with E-state index >= 15 is 0 Å². The van der Waals surface area contributed by atoms with Crippen molar-refractivity contribution in [3.8, 4) is 5.75 Å². The number of amides is 2. The van der Waals surface area contributed by atoms with Gasteiger partial charge in [0.25, 0.3) is 11.8 Å². The van der Waals surface area contributed by atoms with E-state index in [1.807, 2.05) is 0 Å². The second kappa shape index (κ2) is 7.62. The molecule has 7 nitrogen and oxygen atoms in total. The third-order valence-corrected chi connectivity index (χ3v) is 3.73. The molecule has 2 N–H and O–H groups in total. The first-order chi connectivity index (χ1) is 11.0. The van der Waals surface area contributed by atoms with Gasteiger partial charge in [0.05, 0.1) is 18.6 Å². The Morgan fingerprint density at radius 1 is 1.30 bits per heavy atom. The maximum Gasteiger partial charge on any atom is 0.310 e. The number of likely N-dealkylation sites (tertiary alicyclic amines) is 1. The van der Waals surface area contributed by atoms with Crippen LogP contribution in [0.5, 0.6) is 5.75 Å². The number of rotatable bonds is 5. The largest absolute Gasteiger partial charge is 0.483 e. The van der Waals surface area contributed by atoms with Crippen molar-refractivity contribution in [1.82, 2.24) is 4.90 Å². The fourth-order valence-corrected chi connectivity index (χ4v) is 2.61. The molecular formula is C16H20N2O5. The summed E-state index contributed by atoms with van der Waals surface area (Å²) in [6, 6.07) is 6.66. The van der Waals surface area contributed by atoms with Gasteiger partial charge in [-0.15, -0.1) is 0 Å². The molecular weight excluding hydrogens is 300 g/mol. The van der Waals surface area contributed by atoms with Gasteiger partial charge in [0.1, 0.15) is 5.75 Å². The molecule has 0 aliphatic carbocycles. The Balaban J connectivity index is 2.13. The average molecular weight is 320 g/mol. The molecule has 1 aliphatic rings. The average Bonchev–Trinajstić information content (AvgIpc) is 2.59. The molecule has 0 unspecified atom stereocenters. The van der Waals surface area contributed by atoms with Crippen LogP contribution < -0.4 is 10.5 Å². The number of benzene rings is 1. The van der Waals surface area contributed by atoms with Crippen molar-refractivity contribution < 1.29 is 23.9 Å². The summed E-state index contributed by atoms with van der Waals surface area (Å²) in [6.45, 7) is 0.585. The molecule has 23 heavy (non-hydrogen) atoms. The highest BCUT2D eigenvalue weighted by Gasteiger charge is 2.30. The van der Waals surface area contributed by atoms with Gasteiger partial charge in [-0.3, -0.25) is 14.4 Å². The Labute approximate surface area is 134 Å². The first-order valence-electron chi connectivity index (χ1n) is 7.40. The molecule has 0 bridgehead atoms. The molecule has 1 aliphatic heterocycles. The van der Waals surface area contributed by atoms with Crippen molar-refractivity contribution in [2.75, 3.05) is 26.8 Å². The Hall–Kier alpha value is -2.57. The van der Waals surface area contributed by atoms with Crippen molar-refractivity contribution in [2.45, 2.75) is 12.8 Å². The van der Waals surface area contributed by atoms with E-state index in [2.05, 4.69) is 0 Å². The Morgan fingerprint density at radius 3 is 2.74 bits per heavy atom. The molecule has 0 spiro atoms. The SMILES string of the molecule is COC(=O)[C@H]1CCCN(C(=O)c2ccccc2OCC(N)=O)C1. The van der Waals surface area contributed by atoms with Gasteiger partial charge in [-0.1, -0.05) is 12.1 Å². The number of ether oxygens (including phenoxy) is 2. The topological polar surface area (TPSA) is 98.9 Å². The lowest BCUT2D eigenvalue weighted by molar-refractivity contribution is -0.146. The lowest BCUT2D eigenvalue weighted by Gasteiger charge is -2.31. The Kier molecular flexibility index (Phi) is 5.56. The minimum atomic E-state index is -0.615. The summed E-state index contributed by atoms with van der Waals surface area (Å²) in [5.41, 5.74) is 5.41. The predicted molar refractivity (Wildman–Crippen MR) is 81.8 cm³/mol. The second-order valence-corrected chi connectivity index (χ2v) is 5.36. The molecule has 2 amide bonds. The van der Waals surface area contributed by atoms with Crippen LogP contribution >= 0.6 is 0 Å². The van der Waals surface area contributed by atoms with Crippen molar-refractivity contribution in [3.05, 3.63) is 29.8 Å². The number of esters is 1. The molecule has 7 heteroatoms. The maximum atomic E-state index is 12.7. The van der Waals surface area contributed by atoms with E-state index < -0.39 is 5.91 Å². The number of hydrogen-bond donors (Lipinski definition) is 1. The fourth-order valence-electron chi connectivity index (χ4n) is 2.61. The molecule has 0 saturated carbocycles. The normalized spacial score (nSPS) is 17.4. The fraction of sp³-hybridized carbons (Fsp3) is 0.438. The van der Waals surface area contributed by atoms with Gasteiger partial charge >= 0.3 is 5.97 Å². The van der Waals surface area contributed by atoms with Gasteiger partial charge in [0, 0.05) is 13.1 Å². The molecule has 1 aromatic rings. The van der Waals surface area contributed by atoms with Crippen LogP contribution in [0.4, 0.5) is 0 Å². The lowest BCUT2D eigenvalue weighted by atomic mass is 9.97. The summed E-state index contributed by atoms with van der Waals surface area (Å²) in [4.78, 5) is 36.8. The van der Waals surface area contributed by atoms with Crippen molar-refractivity contribution in [2.24, 2.45) is 11.7 Å². The molecule has 0 radical (unpaired) electrons. The lowest BCUT2D eigenvalue weighted by Crippen LogP contribution is -2.42. The molecule has 1 fully saturated rings. The van der Waals surface area contributed by atoms with Crippen LogP contribution in [-0.4, -0.2) is 49.5 Å². The van der Waals surface area contributed by atoms with E-state index in [0.29, 0.717) is 30.8 Å². The van der Waals surface area contributed by atoms with Crippen LogP contribution in [0.25, 0.3) is 0 Å². The zero-order valence-corrected chi connectivity index (χ0v) is 13.0. The summed E-state index contributed by atoms with van der Waals surface area (Å²) in [5.74, 6) is -1.16. The van der Waals surface area contributed by atoms with Crippen molar-refractivity contribution >= 4 is 17.8 Å². The molecule has 1 aromatic carbocycles. The highest BCUT2D eigenvalue weighted by Crippen LogP contribution is 2.24. The van der Waals surface area contributed by atoms with Crippen LogP contribution in [0.1, 0.15) is 23.2 Å². The number of nitrogens with zero attached hydrogens (tertiary/aromatic N) is 1. The summed E-state index contributed by atoms with van der Waals surface area (Å²) in [7, 11) is 1.34. The van der Waals surface area contributed by atoms with Crippen LogP contribution in [0.3, 0.4) is 0 Å². The molecule has 0 aromatic heterocycles. The van der Waals surface area contributed by atoms with E-state index in [9.17, 15) is 14.4 Å². The summed E-state index contributed by atoms with van der Waals surface area (Å²) in [6.07, 6.45) is 1.44. The zero-order chi connectivity index (χ0) is 16.8. The monoisotopic (exact) mass is 320 g/mol. The van der Waals surface area contributed by atoms with Crippen LogP contribution in [0.15, 0.2) is 24.3 Å². The summed E-state index contributed by atoms with van der Waals surface area (Å²) < 4.78 is 10.1. The van der Waals surface area contributed by atoms with Crippen molar-refractivity contribution in [1.29, 1.82) is 0 Å². The van der Waals surface area contributed by atoms with E-state index in [1.54, 1.807) is 29.2 Å².